The molecule has 2 amide bonds. The molecule has 1 unspecified atom stereocenters. The van der Waals surface area contributed by atoms with Gasteiger partial charge in [-0.15, -0.1) is 0 Å². The standard InChI is InChI=1S/C25H22N2O3/c1-16-12-13-19(15-22(16)27-25(29)23-11-6-14-30-23)24(28)26-17(2)20-10-5-8-18-7-3-4-9-21(18)20/h3-15,17H,1-2H3,(H,26,28)(H,27,29). The summed E-state index contributed by atoms with van der Waals surface area (Å²) in [4.78, 5) is 25.2. The highest BCUT2D eigenvalue weighted by Gasteiger charge is 2.16. The van der Waals surface area contributed by atoms with Crippen molar-refractivity contribution in [3.63, 3.8) is 0 Å². The van der Waals surface area contributed by atoms with Crippen molar-refractivity contribution in [3.05, 3.63) is 102 Å². The predicted octanol–water partition coefficient (Wildman–Crippen LogP) is 5.48. The third-order valence-corrected chi connectivity index (χ3v) is 5.13. The summed E-state index contributed by atoms with van der Waals surface area (Å²) >= 11 is 0. The first-order valence-corrected chi connectivity index (χ1v) is 9.77. The lowest BCUT2D eigenvalue weighted by Gasteiger charge is -2.17. The van der Waals surface area contributed by atoms with E-state index in [1.54, 1.807) is 24.3 Å². The molecule has 4 rings (SSSR count). The molecule has 0 aliphatic rings. The summed E-state index contributed by atoms with van der Waals surface area (Å²) < 4.78 is 5.13. The highest BCUT2D eigenvalue weighted by Crippen LogP contribution is 2.25. The third-order valence-electron chi connectivity index (χ3n) is 5.13. The average molecular weight is 398 g/mol. The van der Waals surface area contributed by atoms with Crippen LogP contribution in [0.25, 0.3) is 10.8 Å². The van der Waals surface area contributed by atoms with Crippen LogP contribution in [0, 0.1) is 6.92 Å². The Balaban J connectivity index is 1.54. The van der Waals surface area contributed by atoms with Crippen LogP contribution in [0.4, 0.5) is 5.69 Å². The van der Waals surface area contributed by atoms with E-state index in [4.69, 9.17) is 4.42 Å². The number of hydrogen-bond acceptors (Lipinski definition) is 3. The summed E-state index contributed by atoms with van der Waals surface area (Å²) in [6.45, 7) is 3.84. The Hall–Kier alpha value is -3.86. The fourth-order valence-corrected chi connectivity index (χ4v) is 3.48. The number of benzene rings is 3. The van der Waals surface area contributed by atoms with E-state index in [0.29, 0.717) is 11.3 Å². The number of furan rings is 1. The quantitative estimate of drug-likeness (QED) is 0.467. The highest BCUT2D eigenvalue weighted by atomic mass is 16.3. The number of rotatable bonds is 5. The molecule has 5 heteroatoms. The van der Waals surface area contributed by atoms with Gasteiger partial charge in [-0.2, -0.15) is 0 Å². The topological polar surface area (TPSA) is 71.3 Å². The zero-order valence-electron chi connectivity index (χ0n) is 16.8. The molecular formula is C25H22N2O3. The number of carbonyl (C=O) groups excluding carboxylic acids is 2. The van der Waals surface area contributed by atoms with Crippen molar-refractivity contribution in [1.29, 1.82) is 0 Å². The third kappa shape index (κ3) is 3.96. The molecule has 3 aromatic carbocycles. The zero-order chi connectivity index (χ0) is 21.1. The second-order valence-electron chi connectivity index (χ2n) is 7.22. The van der Waals surface area contributed by atoms with Crippen molar-refractivity contribution in [1.82, 2.24) is 5.32 Å². The summed E-state index contributed by atoms with van der Waals surface area (Å²) in [5.41, 5.74) is 2.96. The van der Waals surface area contributed by atoms with Crippen molar-refractivity contribution < 1.29 is 14.0 Å². The Kier molecular flexibility index (Phi) is 5.35. The molecule has 5 nitrogen and oxygen atoms in total. The predicted molar refractivity (Wildman–Crippen MR) is 118 cm³/mol. The van der Waals surface area contributed by atoms with E-state index < -0.39 is 0 Å². The van der Waals surface area contributed by atoms with Crippen LogP contribution in [0.5, 0.6) is 0 Å². The molecule has 30 heavy (non-hydrogen) atoms. The summed E-state index contributed by atoms with van der Waals surface area (Å²) in [5.74, 6) is -0.345. The molecule has 0 spiro atoms. The van der Waals surface area contributed by atoms with E-state index in [1.165, 1.54) is 6.26 Å². The molecule has 0 aliphatic heterocycles. The van der Waals surface area contributed by atoms with E-state index in [2.05, 4.69) is 28.8 Å². The van der Waals surface area contributed by atoms with Crippen LogP contribution in [-0.2, 0) is 0 Å². The van der Waals surface area contributed by atoms with Gasteiger partial charge >= 0.3 is 0 Å². The minimum Gasteiger partial charge on any atom is -0.459 e. The van der Waals surface area contributed by atoms with Crippen LogP contribution in [0.3, 0.4) is 0 Å². The molecule has 1 atom stereocenters. The Morgan fingerprint density at radius 3 is 2.50 bits per heavy atom. The van der Waals surface area contributed by atoms with Crippen molar-refractivity contribution in [2.45, 2.75) is 19.9 Å². The first kappa shape index (κ1) is 19.5. The highest BCUT2D eigenvalue weighted by molar-refractivity contribution is 6.04. The van der Waals surface area contributed by atoms with E-state index >= 15 is 0 Å². The number of anilines is 1. The summed E-state index contributed by atoms with van der Waals surface area (Å²) in [7, 11) is 0. The number of aryl methyl sites for hydroxylation is 1. The van der Waals surface area contributed by atoms with Gasteiger partial charge in [0.05, 0.1) is 12.3 Å². The van der Waals surface area contributed by atoms with Gasteiger partial charge < -0.3 is 15.1 Å². The monoisotopic (exact) mass is 398 g/mol. The van der Waals surface area contributed by atoms with Crippen LogP contribution >= 0.6 is 0 Å². The minimum atomic E-state index is -0.357. The summed E-state index contributed by atoms with van der Waals surface area (Å²) in [6.07, 6.45) is 1.44. The van der Waals surface area contributed by atoms with Crippen LogP contribution in [0.15, 0.2) is 83.5 Å². The maximum atomic E-state index is 12.9. The molecule has 0 radical (unpaired) electrons. The Labute approximate surface area is 174 Å². The molecule has 0 saturated carbocycles. The number of amides is 2. The van der Waals surface area contributed by atoms with E-state index in [9.17, 15) is 9.59 Å². The number of carbonyl (C=O) groups is 2. The first-order chi connectivity index (χ1) is 14.5. The zero-order valence-corrected chi connectivity index (χ0v) is 16.8. The molecule has 1 heterocycles. The van der Waals surface area contributed by atoms with E-state index in [1.807, 2.05) is 44.2 Å². The van der Waals surface area contributed by atoms with Crippen LogP contribution in [-0.4, -0.2) is 11.8 Å². The SMILES string of the molecule is Cc1ccc(C(=O)NC(C)c2cccc3ccccc23)cc1NC(=O)c1ccco1. The molecule has 2 N–H and O–H groups in total. The smallest absolute Gasteiger partial charge is 0.291 e. The number of nitrogens with one attached hydrogen (secondary N) is 2. The fourth-order valence-electron chi connectivity index (χ4n) is 3.48. The minimum absolute atomic E-state index is 0.175. The van der Waals surface area contributed by atoms with Crippen molar-refractivity contribution in [3.8, 4) is 0 Å². The Morgan fingerprint density at radius 1 is 0.900 bits per heavy atom. The number of fused-ring (bicyclic) bond motifs is 1. The average Bonchev–Trinajstić information content (AvgIpc) is 3.30. The van der Waals surface area contributed by atoms with Gasteiger partial charge in [0.2, 0.25) is 0 Å². The Bertz CT molecular complexity index is 1210. The fraction of sp³-hybridized carbons (Fsp3) is 0.120. The lowest BCUT2D eigenvalue weighted by molar-refractivity contribution is 0.0938. The molecule has 0 fully saturated rings. The molecule has 0 saturated heterocycles. The van der Waals surface area contributed by atoms with E-state index in [-0.39, 0.29) is 23.6 Å². The van der Waals surface area contributed by atoms with Crippen LogP contribution < -0.4 is 10.6 Å². The molecule has 150 valence electrons. The van der Waals surface area contributed by atoms with Crippen molar-refractivity contribution in [2.75, 3.05) is 5.32 Å². The van der Waals surface area contributed by atoms with Gasteiger partial charge in [-0.05, 0) is 60.0 Å². The van der Waals surface area contributed by atoms with Gasteiger partial charge in [0.15, 0.2) is 5.76 Å². The van der Waals surface area contributed by atoms with Gasteiger partial charge in [-0.3, -0.25) is 9.59 Å². The van der Waals surface area contributed by atoms with Crippen molar-refractivity contribution in [2.24, 2.45) is 0 Å². The van der Waals surface area contributed by atoms with Gasteiger partial charge in [-0.25, -0.2) is 0 Å². The normalized spacial score (nSPS) is 11.8. The largest absolute Gasteiger partial charge is 0.459 e. The van der Waals surface area contributed by atoms with Gasteiger partial charge in [0.1, 0.15) is 0 Å². The number of hydrogen-bond donors (Lipinski definition) is 2. The Morgan fingerprint density at radius 2 is 1.70 bits per heavy atom. The molecule has 0 bridgehead atoms. The van der Waals surface area contributed by atoms with Crippen LogP contribution in [0.1, 0.15) is 45.0 Å². The summed E-state index contributed by atoms with van der Waals surface area (Å²) in [6, 6.07) is 22.5. The molecule has 4 aromatic rings. The summed E-state index contributed by atoms with van der Waals surface area (Å²) in [5, 5.41) is 8.11. The van der Waals surface area contributed by atoms with E-state index in [0.717, 1.165) is 21.9 Å². The lowest BCUT2D eigenvalue weighted by atomic mass is 9.99. The second-order valence-corrected chi connectivity index (χ2v) is 7.22. The second kappa shape index (κ2) is 8.25. The van der Waals surface area contributed by atoms with Gasteiger partial charge in [-0.1, -0.05) is 48.5 Å². The van der Waals surface area contributed by atoms with Gasteiger partial charge in [0, 0.05) is 11.3 Å². The molecular weight excluding hydrogens is 376 g/mol. The van der Waals surface area contributed by atoms with Crippen LogP contribution in [0.2, 0.25) is 0 Å². The molecule has 0 aliphatic carbocycles. The first-order valence-electron chi connectivity index (χ1n) is 9.77. The maximum Gasteiger partial charge on any atom is 0.291 e. The maximum absolute atomic E-state index is 12.9. The van der Waals surface area contributed by atoms with Gasteiger partial charge in [0.25, 0.3) is 11.8 Å². The molecule has 1 aromatic heterocycles. The van der Waals surface area contributed by atoms with Crippen molar-refractivity contribution >= 4 is 28.3 Å². The lowest BCUT2D eigenvalue weighted by Crippen LogP contribution is -2.27.